The second-order valence-corrected chi connectivity index (χ2v) is 5.85. The van der Waals surface area contributed by atoms with Gasteiger partial charge in [0.15, 0.2) is 11.7 Å². The summed E-state index contributed by atoms with van der Waals surface area (Å²) < 4.78 is 6.88. The van der Waals surface area contributed by atoms with Crippen molar-refractivity contribution in [3.63, 3.8) is 0 Å². The maximum Gasteiger partial charge on any atom is 0.196 e. The van der Waals surface area contributed by atoms with Crippen LogP contribution >= 0.6 is 15.9 Å². The molecule has 0 saturated heterocycles. The fourth-order valence-electron chi connectivity index (χ4n) is 1.92. The number of nitrogens with one attached hydrogen (secondary N) is 1. The first-order valence-corrected chi connectivity index (χ1v) is 7.30. The van der Waals surface area contributed by atoms with E-state index in [9.17, 15) is 0 Å². The molecule has 0 fully saturated rings. The molecule has 0 saturated carbocycles. The van der Waals surface area contributed by atoms with Crippen LogP contribution in [0.5, 0.6) is 0 Å². The number of aromatic nitrogens is 1. The summed E-state index contributed by atoms with van der Waals surface area (Å²) in [4.78, 5) is 4.33. The standard InChI is InChI=1S/C15H19BrN2O/c1-10(2)17-7-6-15-18-9-14(19-15)13-5-4-12(16)8-11(13)3/h4-5,8-10,17H,6-7H2,1-3H3. The molecule has 3 nitrogen and oxygen atoms in total. The smallest absolute Gasteiger partial charge is 0.196 e. The average Bonchev–Trinajstić information content (AvgIpc) is 2.77. The van der Waals surface area contributed by atoms with Crippen molar-refractivity contribution in [2.75, 3.05) is 6.54 Å². The van der Waals surface area contributed by atoms with Crippen LogP contribution in [0.1, 0.15) is 25.3 Å². The summed E-state index contributed by atoms with van der Waals surface area (Å²) in [6.07, 6.45) is 2.62. The van der Waals surface area contributed by atoms with Crippen molar-refractivity contribution in [2.24, 2.45) is 0 Å². The van der Waals surface area contributed by atoms with Crippen molar-refractivity contribution in [2.45, 2.75) is 33.2 Å². The summed E-state index contributed by atoms with van der Waals surface area (Å²) >= 11 is 3.47. The molecule has 19 heavy (non-hydrogen) atoms. The minimum Gasteiger partial charge on any atom is -0.441 e. The zero-order valence-corrected chi connectivity index (χ0v) is 13.1. The summed E-state index contributed by atoms with van der Waals surface area (Å²) in [6, 6.07) is 6.64. The van der Waals surface area contributed by atoms with Crippen molar-refractivity contribution in [3.05, 3.63) is 40.3 Å². The molecule has 2 aromatic rings. The predicted octanol–water partition coefficient (Wildman–Crippen LogP) is 3.95. The van der Waals surface area contributed by atoms with Crippen LogP contribution in [0, 0.1) is 6.92 Å². The first-order chi connectivity index (χ1) is 9.06. The largest absolute Gasteiger partial charge is 0.441 e. The molecule has 0 radical (unpaired) electrons. The van der Waals surface area contributed by atoms with E-state index < -0.39 is 0 Å². The molecule has 0 spiro atoms. The van der Waals surface area contributed by atoms with Gasteiger partial charge in [-0.25, -0.2) is 4.98 Å². The van der Waals surface area contributed by atoms with Gasteiger partial charge in [0, 0.05) is 29.0 Å². The fourth-order valence-corrected chi connectivity index (χ4v) is 2.40. The molecule has 102 valence electrons. The summed E-state index contributed by atoms with van der Waals surface area (Å²) in [5, 5.41) is 3.36. The van der Waals surface area contributed by atoms with Gasteiger partial charge in [0.25, 0.3) is 0 Å². The Balaban J connectivity index is 2.08. The maximum atomic E-state index is 5.81. The third-order valence-electron chi connectivity index (χ3n) is 2.90. The molecule has 4 heteroatoms. The van der Waals surface area contributed by atoms with Crippen LogP contribution in [0.4, 0.5) is 0 Å². The lowest BCUT2D eigenvalue weighted by Crippen LogP contribution is -2.24. The van der Waals surface area contributed by atoms with Gasteiger partial charge < -0.3 is 9.73 Å². The molecular formula is C15H19BrN2O. The van der Waals surface area contributed by atoms with Gasteiger partial charge in [-0.1, -0.05) is 29.8 Å². The molecule has 2 rings (SSSR count). The predicted molar refractivity (Wildman–Crippen MR) is 81.2 cm³/mol. The molecule has 0 bridgehead atoms. The zero-order valence-electron chi connectivity index (χ0n) is 11.5. The van der Waals surface area contributed by atoms with Crippen LogP contribution in [-0.4, -0.2) is 17.6 Å². The highest BCUT2D eigenvalue weighted by atomic mass is 79.9. The summed E-state index contributed by atoms with van der Waals surface area (Å²) in [5.74, 6) is 1.62. The van der Waals surface area contributed by atoms with Crippen molar-refractivity contribution < 1.29 is 4.42 Å². The summed E-state index contributed by atoms with van der Waals surface area (Å²) in [5.41, 5.74) is 2.27. The summed E-state index contributed by atoms with van der Waals surface area (Å²) in [6.45, 7) is 7.22. The number of hydrogen-bond donors (Lipinski definition) is 1. The van der Waals surface area contributed by atoms with Crippen LogP contribution in [0.15, 0.2) is 33.3 Å². The molecule has 0 unspecified atom stereocenters. The molecule has 1 N–H and O–H groups in total. The second-order valence-electron chi connectivity index (χ2n) is 4.94. The molecular weight excluding hydrogens is 304 g/mol. The average molecular weight is 323 g/mol. The van der Waals surface area contributed by atoms with E-state index in [1.165, 1.54) is 5.56 Å². The van der Waals surface area contributed by atoms with E-state index in [-0.39, 0.29) is 0 Å². The van der Waals surface area contributed by atoms with Gasteiger partial charge in [-0.05, 0) is 30.7 Å². The minimum absolute atomic E-state index is 0.489. The van der Waals surface area contributed by atoms with Gasteiger partial charge in [-0.2, -0.15) is 0 Å². The maximum absolute atomic E-state index is 5.81. The summed E-state index contributed by atoms with van der Waals surface area (Å²) in [7, 11) is 0. The highest BCUT2D eigenvalue weighted by Crippen LogP contribution is 2.26. The fraction of sp³-hybridized carbons (Fsp3) is 0.400. The Hall–Kier alpha value is -1.13. The molecule has 0 aliphatic rings. The normalized spacial score (nSPS) is 11.2. The number of halogens is 1. The number of benzene rings is 1. The van der Waals surface area contributed by atoms with E-state index in [0.29, 0.717) is 6.04 Å². The Morgan fingerprint density at radius 3 is 2.84 bits per heavy atom. The Labute approximate surface area is 122 Å². The molecule has 0 atom stereocenters. The van der Waals surface area contributed by atoms with E-state index in [1.807, 2.05) is 6.07 Å². The van der Waals surface area contributed by atoms with Crippen molar-refractivity contribution in [3.8, 4) is 11.3 Å². The first-order valence-electron chi connectivity index (χ1n) is 6.51. The number of nitrogens with zero attached hydrogens (tertiary/aromatic N) is 1. The third kappa shape index (κ3) is 3.91. The van der Waals surface area contributed by atoms with Gasteiger partial charge in [0.1, 0.15) is 0 Å². The van der Waals surface area contributed by atoms with Gasteiger partial charge in [0.2, 0.25) is 0 Å². The van der Waals surface area contributed by atoms with Gasteiger partial charge in [0.05, 0.1) is 6.20 Å². The van der Waals surface area contributed by atoms with Crippen molar-refractivity contribution in [1.29, 1.82) is 0 Å². The SMILES string of the molecule is Cc1cc(Br)ccc1-c1cnc(CCNC(C)C)o1. The molecule has 0 amide bonds. The number of hydrogen-bond acceptors (Lipinski definition) is 3. The van der Waals surface area contributed by atoms with Crippen molar-refractivity contribution in [1.82, 2.24) is 10.3 Å². The second kappa shape index (κ2) is 6.35. The van der Waals surface area contributed by atoms with Gasteiger partial charge in [-0.3, -0.25) is 0 Å². The van der Waals surface area contributed by atoms with Crippen LogP contribution < -0.4 is 5.32 Å². The van der Waals surface area contributed by atoms with Gasteiger partial charge >= 0.3 is 0 Å². The Morgan fingerprint density at radius 1 is 1.37 bits per heavy atom. The topological polar surface area (TPSA) is 38.1 Å². The highest BCUT2D eigenvalue weighted by Gasteiger charge is 2.09. The van der Waals surface area contributed by atoms with E-state index in [0.717, 1.165) is 34.7 Å². The lowest BCUT2D eigenvalue weighted by molar-refractivity contribution is 0.484. The number of oxazole rings is 1. The number of rotatable bonds is 5. The molecule has 0 aliphatic carbocycles. The lowest BCUT2D eigenvalue weighted by Gasteiger charge is -2.05. The molecule has 1 aromatic heterocycles. The van der Waals surface area contributed by atoms with Crippen molar-refractivity contribution >= 4 is 15.9 Å². The minimum atomic E-state index is 0.489. The van der Waals surface area contributed by atoms with Crippen LogP contribution in [0.25, 0.3) is 11.3 Å². The number of aryl methyl sites for hydroxylation is 1. The molecule has 1 aromatic carbocycles. The van der Waals surface area contributed by atoms with E-state index >= 15 is 0 Å². The third-order valence-corrected chi connectivity index (χ3v) is 3.39. The quantitative estimate of drug-likeness (QED) is 0.905. The molecule has 0 aliphatic heterocycles. The van der Waals surface area contributed by atoms with E-state index in [2.05, 4.69) is 59.1 Å². The highest BCUT2D eigenvalue weighted by molar-refractivity contribution is 9.10. The van der Waals surface area contributed by atoms with Crippen LogP contribution in [-0.2, 0) is 6.42 Å². The van der Waals surface area contributed by atoms with E-state index in [4.69, 9.17) is 4.42 Å². The molecule has 1 heterocycles. The Bertz CT molecular complexity index is 549. The van der Waals surface area contributed by atoms with Crippen LogP contribution in [0.3, 0.4) is 0 Å². The first kappa shape index (κ1) is 14.3. The lowest BCUT2D eigenvalue weighted by atomic mass is 10.1. The Morgan fingerprint density at radius 2 is 2.16 bits per heavy atom. The zero-order chi connectivity index (χ0) is 13.8. The Kier molecular flexibility index (Phi) is 4.77. The van der Waals surface area contributed by atoms with Gasteiger partial charge in [-0.15, -0.1) is 0 Å². The monoisotopic (exact) mass is 322 g/mol. The van der Waals surface area contributed by atoms with E-state index in [1.54, 1.807) is 6.20 Å². The van der Waals surface area contributed by atoms with Crippen LogP contribution in [0.2, 0.25) is 0 Å².